The van der Waals surface area contributed by atoms with Crippen LogP contribution in [0.3, 0.4) is 0 Å². The van der Waals surface area contributed by atoms with Crippen molar-refractivity contribution in [2.45, 2.75) is 0 Å². The summed E-state index contributed by atoms with van der Waals surface area (Å²) >= 11 is 0. The van der Waals surface area contributed by atoms with Crippen LogP contribution in [0.25, 0.3) is 118 Å². The molecule has 0 saturated heterocycles. The number of nitriles is 2. The van der Waals surface area contributed by atoms with Crippen molar-refractivity contribution in [3.05, 3.63) is 242 Å². The predicted molar refractivity (Wildman–Crippen MR) is 283 cm³/mol. The number of benzene rings is 9. The van der Waals surface area contributed by atoms with Gasteiger partial charge in [-0.05, 0) is 54.6 Å². The number of fused-ring (bicyclic) bond motifs is 3. The lowest BCUT2D eigenvalue weighted by Gasteiger charge is -2.22. The summed E-state index contributed by atoms with van der Waals surface area (Å²) in [5.74, 6) is 2.28. The first-order valence-electron chi connectivity index (χ1n) is 23.2. The molecule has 0 spiro atoms. The summed E-state index contributed by atoms with van der Waals surface area (Å²) < 4.78 is 2.27. The van der Waals surface area contributed by atoms with E-state index in [1.54, 1.807) is 0 Å². The van der Waals surface area contributed by atoms with Crippen molar-refractivity contribution in [2.75, 3.05) is 0 Å². The maximum Gasteiger partial charge on any atom is 0.164 e. The van der Waals surface area contributed by atoms with Crippen LogP contribution in [0.4, 0.5) is 0 Å². The van der Waals surface area contributed by atoms with Crippen LogP contribution in [0.2, 0.25) is 0 Å². The molecule has 71 heavy (non-hydrogen) atoms. The Balaban J connectivity index is 1.16. The largest absolute Gasteiger partial charge is 0.308 e. The number of hydrogen-bond acceptors (Lipinski definition) is 7. The van der Waals surface area contributed by atoms with Crippen LogP contribution in [0.5, 0.6) is 0 Å². The Morgan fingerprint density at radius 3 is 1.23 bits per heavy atom. The minimum atomic E-state index is 0.504. The van der Waals surface area contributed by atoms with Crippen LogP contribution in [0, 0.1) is 22.7 Å². The highest BCUT2D eigenvalue weighted by molar-refractivity contribution is 6.12. The molecule has 0 atom stereocenters. The molecule has 12 aromatic rings. The van der Waals surface area contributed by atoms with Gasteiger partial charge in [-0.2, -0.15) is 10.5 Å². The molecule has 9 aromatic carbocycles. The van der Waals surface area contributed by atoms with E-state index < -0.39 is 0 Å². The van der Waals surface area contributed by atoms with E-state index in [0.29, 0.717) is 40.1 Å². The van der Waals surface area contributed by atoms with Crippen LogP contribution in [-0.2, 0) is 0 Å². The summed E-state index contributed by atoms with van der Waals surface area (Å²) in [4.78, 5) is 25.5. The molecule has 0 saturated carbocycles. The molecule has 0 aliphatic rings. The maximum absolute atomic E-state index is 10.8. The monoisotopic (exact) mass is 906 g/mol. The summed E-state index contributed by atoms with van der Waals surface area (Å²) in [7, 11) is 0. The standard InChI is InChI=1S/C63H38N8/c64-39-46-27-13-15-29-49(46)53-36-48(56-38-55(41-19-5-1-6-20-41)66-60(67-56)42-21-7-2-8-22-42)37-54(50-30-16-14-28-47(50)40-65)59(53)71-57-32-18-17-31-51(57)52-35-45(33-34-58(52)71)63-69-61(43-23-9-3-10-24-43)68-62(70-63)44-25-11-4-12-26-44/h1-38H. The zero-order valence-corrected chi connectivity index (χ0v) is 38.0. The molecular formula is C63H38N8. The van der Waals surface area contributed by atoms with Gasteiger partial charge in [-0.25, -0.2) is 24.9 Å². The highest BCUT2D eigenvalue weighted by Crippen LogP contribution is 2.46. The highest BCUT2D eigenvalue weighted by atomic mass is 15.0. The van der Waals surface area contributed by atoms with Gasteiger partial charge in [0.05, 0.1) is 51.4 Å². The first-order chi connectivity index (χ1) is 35.1. The van der Waals surface area contributed by atoms with Crippen LogP contribution >= 0.6 is 0 Å². The third kappa shape index (κ3) is 7.84. The molecule has 8 heteroatoms. The van der Waals surface area contributed by atoms with Crippen LogP contribution in [0.15, 0.2) is 231 Å². The van der Waals surface area contributed by atoms with Gasteiger partial charge >= 0.3 is 0 Å². The van der Waals surface area contributed by atoms with Crippen molar-refractivity contribution in [3.63, 3.8) is 0 Å². The van der Waals surface area contributed by atoms with E-state index in [-0.39, 0.29) is 0 Å². The fourth-order valence-corrected chi connectivity index (χ4v) is 9.42. The van der Waals surface area contributed by atoms with Gasteiger partial charge in [-0.3, -0.25) is 0 Å². The SMILES string of the molecule is N#Cc1ccccc1-c1cc(-c2cc(-c3ccccc3)nc(-c3ccccc3)n2)cc(-c2ccccc2C#N)c1-n1c2ccccc2c2cc(-c3nc(-c4ccccc4)nc(-c4ccccc4)n3)ccc21. The first kappa shape index (κ1) is 42.2. The lowest BCUT2D eigenvalue weighted by atomic mass is 9.88. The topological polar surface area (TPSA) is 117 Å². The minimum absolute atomic E-state index is 0.504. The van der Waals surface area contributed by atoms with Gasteiger partial charge in [0.25, 0.3) is 0 Å². The summed E-state index contributed by atoms with van der Waals surface area (Å²) in [6.07, 6.45) is 0. The second-order valence-corrected chi connectivity index (χ2v) is 17.1. The molecular weight excluding hydrogens is 869 g/mol. The number of hydrogen-bond donors (Lipinski definition) is 0. The van der Waals surface area contributed by atoms with Gasteiger partial charge in [0, 0.05) is 66.4 Å². The quantitative estimate of drug-likeness (QED) is 0.142. The number of aromatic nitrogens is 6. The average molecular weight is 907 g/mol. The van der Waals surface area contributed by atoms with Gasteiger partial charge in [-0.1, -0.05) is 176 Å². The lowest BCUT2D eigenvalue weighted by molar-refractivity contribution is 1.07. The number of para-hydroxylation sites is 1. The number of nitrogens with zero attached hydrogens (tertiary/aromatic N) is 8. The van der Waals surface area contributed by atoms with E-state index in [0.717, 1.165) is 88.8 Å². The maximum atomic E-state index is 10.8. The Kier molecular flexibility index (Phi) is 10.8. The molecule has 12 rings (SSSR count). The van der Waals surface area contributed by atoms with E-state index in [1.807, 2.05) is 188 Å². The summed E-state index contributed by atoms with van der Waals surface area (Å²) in [5, 5.41) is 23.6. The summed E-state index contributed by atoms with van der Waals surface area (Å²) in [6, 6.07) is 81.3. The second-order valence-electron chi connectivity index (χ2n) is 17.1. The molecule has 0 aliphatic heterocycles. The van der Waals surface area contributed by atoms with E-state index in [1.165, 1.54) is 0 Å². The third-order valence-corrected chi connectivity index (χ3v) is 12.8. The zero-order chi connectivity index (χ0) is 47.7. The molecule has 0 N–H and O–H groups in total. The Morgan fingerprint density at radius 1 is 0.296 bits per heavy atom. The molecule has 0 fully saturated rings. The van der Waals surface area contributed by atoms with Crippen molar-refractivity contribution in [1.29, 1.82) is 10.5 Å². The summed E-state index contributed by atoms with van der Waals surface area (Å²) in [6.45, 7) is 0. The van der Waals surface area contributed by atoms with Crippen LogP contribution in [-0.4, -0.2) is 29.5 Å². The number of rotatable bonds is 9. The normalized spacial score (nSPS) is 11.1. The van der Waals surface area contributed by atoms with E-state index >= 15 is 0 Å². The van der Waals surface area contributed by atoms with E-state index in [4.69, 9.17) is 24.9 Å². The van der Waals surface area contributed by atoms with Crippen molar-refractivity contribution in [1.82, 2.24) is 29.5 Å². The van der Waals surface area contributed by atoms with E-state index in [2.05, 4.69) is 59.2 Å². The predicted octanol–water partition coefficient (Wildman–Crippen LogP) is 14.8. The third-order valence-electron chi connectivity index (χ3n) is 12.8. The summed E-state index contributed by atoms with van der Waals surface area (Å²) in [5.41, 5.74) is 13.4. The zero-order valence-electron chi connectivity index (χ0n) is 38.0. The van der Waals surface area contributed by atoms with Gasteiger partial charge in [-0.15, -0.1) is 0 Å². The second kappa shape index (κ2) is 18.2. The average Bonchev–Trinajstić information content (AvgIpc) is 3.78. The first-order valence-corrected chi connectivity index (χ1v) is 23.2. The highest BCUT2D eigenvalue weighted by Gasteiger charge is 2.25. The van der Waals surface area contributed by atoms with Crippen LogP contribution < -0.4 is 0 Å². The smallest absolute Gasteiger partial charge is 0.164 e. The molecule has 0 amide bonds. The van der Waals surface area contributed by atoms with Crippen molar-refractivity contribution < 1.29 is 0 Å². The molecule has 0 radical (unpaired) electrons. The molecule has 0 bridgehead atoms. The Hall–Kier alpha value is -10.2. The lowest BCUT2D eigenvalue weighted by Crippen LogP contribution is -2.04. The van der Waals surface area contributed by atoms with Gasteiger partial charge in [0.2, 0.25) is 0 Å². The van der Waals surface area contributed by atoms with Gasteiger partial charge < -0.3 is 4.57 Å². The molecule has 3 aromatic heterocycles. The van der Waals surface area contributed by atoms with Crippen molar-refractivity contribution in [3.8, 4) is 108 Å². The Morgan fingerprint density at radius 2 is 0.704 bits per heavy atom. The van der Waals surface area contributed by atoms with Crippen molar-refractivity contribution in [2.24, 2.45) is 0 Å². The molecule has 8 nitrogen and oxygen atoms in total. The molecule has 3 heterocycles. The minimum Gasteiger partial charge on any atom is -0.308 e. The fraction of sp³-hybridized carbons (Fsp3) is 0. The van der Waals surface area contributed by atoms with Crippen LogP contribution in [0.1, 0.15) is 11.1 Å². The fourth-order valence-electron chi connectivity index (χ4n) is 9.42. The van der Waals surface area contributed by atoms with E-state index in [9.17, 15) is 10.5 Å². The Labute approximate surface area is 409 Å². The molecule has 330 valence electrons. The van der Waals surface area contributed by atoms with Gasteiger partial charge in [0.15, 0.2) is 23.3 Å². The molecule has 0 unspecified atom stereocenters. The van der Waals surface area contributed by atoms with Gasteiger partial charge in [0.1, 0.15) is 0 Å². The molecule has 0 aliphatic carbocycles. The van der Waals surface area contributed by atoms with Crippen molar-refractivity contribution >= 4 is 21.8 Å². The Bertz CT molecular complexity index is 3870.